The maximum absolute atomic E-state index is 4.91. The molecule has 1 saturated heterocycles. The molecule has 1 N–H and O–H groups in total. The monoisotopic (exact) mass is 268 g/mol. The molecule has 2 nitrogen and oxygen atoms in total. The van der Waals surface area contributed by atoms with Gasteiger partial charge < -0.3 is 5.32 Å². The molecule has 4 heteroatoms. The molecule has 0 bridgehead atoms. The second-order valence-corrected chi connectivity index (χ2v) is 7.49. The van der Waals surface area contributed by atoms with E-state index in [9.17, 15) is 0 Å². The normalized spacial score (nSPS) is 28.8. The van der Waals surface area contributed by atoms with Crippen LogP contribution in [-0.2, 0) is 12.0 Å². The number of rotatable bonds is 4. The van der Waals surface area contributed by atoms with Gasteiger partial charge in [-0.2, -0.15) is 11.8 Å². The summed E-state index contributed by atoms with van der Waals surface area (Å²) < 4.78 is 0. The number of nitrogens with one attached hydrogen (secondary N) is 1. The zero-order valence-corrected chi connectivity index (χ0v) is 12.2. The molecule has 0 amide bonds. The molecule has 1 aromatic heterocycles. The van der Waals surface area contributed by atoms with Crippen molar-refractivity contribution in [3.05, 3.63) is 15.6 Å². The van der Waals surface area contributed by atoms with Crippen LogP contribution >= 0.6 is 23.1 Å². The Balaban J connectivity index is 1.90. The van der Waals surface area contributed by atoms with Crippen molar-refractivity contribution < 1.29 is 0 Å². The Bertz CT molecular complexity index is 404. The number of nitrogens with zero attached hydrogens (tertiary/aromatic N) is 1. The zero-order chi connectivity index (χ0) is 11.9. The first-order valence-electron chi connectivity index (χ1n) is 6.56. The fourth-order valence-electron chi connectivity index (χ4n) is 2.49. The van der Waals surface area contributed by atoms with Gasteiger partial charge in [0.2, 0.25) is 0 Å². The van der Waals surface area contributed by atoms with Crippen LogP contribution in [0.1, 0.15) is 41.8 Å². The van der Waals surface area contributed by atoms with Crippen molar-refractivity contribution in [2.45, 2.75) is 51.1 Å². The van der Waals surface area contributed by atoms with E-state index in [1.165, 1.54) is 46.3 Å². The summed E-state index contributed by atoms with van der Waals surface area (Å²) in [6, 6.07) is 0.767. The number of hydrogen-bond donors (Lipinski definition) is 1. The minimum absolute atomic E-state index is 0.203. The van der Waals surface area contributed by atoms with Crippen LogP contribution in [0.25, 0.3) is 0 Å². The molecule has 17 heavy (non-hydrogen) atoms. The number of aryl methyl sites for hydroxylation is 2. The molecular formula is C13H20N2S2. The Morgan fingerprint density at radius 2 is 2.29 bits per heavy atom. The van der Waals surface area contributed by atoms with Crippen LogP contribution < -0.4 is 5.32 Å². The van der Waals surface area contributed by atoms with E-state index in [-0.39, 0.29) is 5.54 Å². The van der Waals surface area contributed by atoms with Crippen LogP contribution in [0, 0.1) is 6.92 Å². The molecule has 2 fully saturated rings. The lowest BCUT2D eigenvalue weighted by Gasteiger charge is -2.27. The summed E-state index contributed by atoms with van der Waals surface area (Å²) in [6.45, 7) is 4.42. The predicted octanol–water partition coefficient (Wildman–Crippen LogP) is 3.10. The summed E-state index contributed by atoms with van der Waals surface area (Å²) in [5.74, 6) is 2.49. The minimum Gasteiger partial charge on any atom is -0.302 e. The topological polar surface area (TPSA) is 24.9 Å². The lowest BCUT2D eigenvalue weighted by molar-refractivity contribution is 0.370. The largest absolute Gasteiger partial charge is 0.302 e. The van der Waals surface area contributed by atoms with E-state index in [1.807, 2.05) is 11.3 Å². The van der Waals surface area contributed by atoms with Crippen molar-refractivity contribution in [1.82, 2.24) is 10.3 Å². The molecule has 2 aliphatic rings. The van der Waals surface area contributed by atoms with Crippen molar-refractivity contribution in [2.24, 2.45) is 0 Å². The second-order valence-electron chi connectivity index (χ2n) is 5.18. The fraction of sp³-hybridized carbons (Fsp3) is 0.769. The van der Waals surface area contributed by atoms with Gasteiger partial charge in [-0.25, -0.2) is 4.98 Å². The highest BCUT2D eigenvalue weighted by Gasteiger charge is 2.42. The standard InChI is InChI=1S/C13H20N2S2/c1-3-11-9(2)17-12(14-11)13(6-7-16-8-13)15-10-4-5-10/h10,15H,3-8H2,1-2H3. The van der Waals surface area contributed by atoms with Gasteiger partial charge in [-0.3, -0.25) is 0 Å². The Morgan fingerprint density at radius 3 is 2.82 bits per heavy atom. The van der Waals surface area contributed by atoms with Crippen molar-refractivity contribution in [1.29, 1.82) is 0 Å². The van der Waals surface area contributed by atoms with Gasteiger partial charge in [0.25, 0.3) is 0 Å². The molecule has 0 radical (unpaired) electrons. The first-order chi connectivity index (χ1) is 8.23. The zero-order valence-electron chi connectivity index (χ0n) is 10.6. The number of aromatic nitrogens is 1. The van der Waals surface area contributed by atoms with E-state index >= 15 is 0 Å². The van der Waals surface area contributed by atoms with E-state index in [4.69, 9.17) is 4.98 Å². The van der Waals surface area contributed by atoms with E-state index in [1.54, 1.807) is 0 Å². The molecule has 94 valence electrons. The van der Waals surface area contributed by atoms with Crippen LogP contribution in [0.2, 0.25) is 0 Å². The minimum atomic E-state index is 0.203. The molecule has 1 atom stereocenters. The van der Waals surface area contributed by atoms with Gasteiger partial charge in [-0.1, -0.05) is 6.92 Å². The quantitative estimate of drug-likeness (QED) is 0.908. The summed E-state index contributed by atoms with van der Waals surface area (Å²) in [7, 11) is 0. The SMILES string of the molecule is CCc1nc(C2(NC3CC3)CCSC2)sc1C. The van der Waals surface area contributed by atoms with Crippen molar-refractivity contribution in [3.8, 4) is 0 Å². The lowest BCUT2D eigenvalue weighted by atomic mass is 9.99. The van der Waals surface area contributed by atoms with Crippen molar-refractivity contribution >= 4 is 23.1 Å². The Hall–Kier alpha value is -0.0600. The molecule has 0 aromatic carbocycles. The van der Waals surface area contributed by atoms with Gasteiger partial charge in [-0.05, 0) is 38.4 Å². The maximum Gasteiger partial charge on any atom is 0.114 e. The molecule has 1 saturated carbocycles. The van der Waals surface area contributed by atoms with Crippen molar-refractivity contribution in [2.75, 3.05) is 11.5 Å². The van der Waals surface area contributed by atoms with Gasteiger partial charge in [-0.15, -0.1) is 11.3 Å². The summed E-state index contributed by atoms with van der Waals surface area (Å²) in [6.07, 6.45) is 5.04. The Morgan fingerprint density at radius 1 is 1.47 bits per heavy atom. The number of thiazole rings is 1. The van der Waals surface area contributed by atoms with E-state index in [2.05, 4.69) is 30.9 Å². The smallest absolute Gasteiger partial charge is 0.114 e. The first kappa shape index (κ1) is 12.0. The Labute approximate surface area is 112 Å². The highest BCUT2D eigenvalue weighted by atomic mass is 32.2. The third-order valence-electron chi connectivity index (χ3n) is 3.72. The van der Waals surface area contributed by atoms with Crippen LogP contribution in [0.4, 0.5) is 0 Å². The third-order valence-corrected chi connectivity index (χ3v) is 6.12. The van der Waals surface area contributed by atoms with Crippen LogP contribution in [0.3, 0.4) is 0 Å². The molecule has 1 aromatic rings. The predicted molar refractivity (Wildman–Crippen MR) is 76.0 cm³/mol. The van der Waals surface area contributed by atoms with Crippen molar-refractivity contribution in [3.63, 3.8) is 0 Å². The van der Waals surface area contributed by atoms with Crippen LogP contribution in [-0.4, -0.2) is 22.5 Å². The van der Waals surface area contributed by atoms with Gasteiger partial charge >= 0.3 is 0 Å². The van der Waals surface area contributed by atoms with E-state index in [0.29, 0.717) is 0 Å². The highest BCUT2D eigenvalue weighted by Crippen LogP contribution is 2.41. The average molecular weight is 268 g/mol. The third kappa shape index (κ3) is 2.27. The molecule has 0 spiro atoms. The molecule has 2 heterocycles. The second kappa shape index (κ2) is 4.56. The Kier molecular flexibility index (Phi) is 3.22. The average Bonchev–Trinajstić information content (AvgIpc) is 2.86. The molecular weight excluding hydrogens is 248 g/mol. The van der Waals surface area contributed by atoms with Gasteiger partial charge in [0.1, 0.15) is 5.01 Å². The summed E-state index contributed by atoms with van der Waals surface area (Å²) in [5.41, 5.74) is 1.51. The van der Waals surface area contributed by atoms with Crippen LogP contribution in [0.15, 0.2) is 0 Å². The highest BCUT2D eigenvalue weighted by molar-refractivity contribution is 7.99. The summed E-state index contributed by atoms with van der Waals surface area (Å²) >= 11 is 3.99. The van der Waals surface area contributed by atoms with Gasteiger partial charge in [0.15, 0.2) is 0 Å². The summed E-state index contributed by atoms with van der Waals surface area (Å²) in [4.78, 5) is 6.32. The van der Waals surface area contributed by atoms with E-state index < -0.39 is 0 Å². The molecule has 1 aliphatic heterocycles. The van der Waals surface area contributed by atoms with E-state index in [0.717, 1.165) is 12.5 Å². The lowest BCUT2D eigenvalue weighted by Crippen LogP contribution is -2.43. The molecule has 3 rings (SSSR count). The summed E-state index contributed by atoms with van der Waals surface area (Å²) in [5, 5.41) is 5.23. The number of thioether (sulfide) groups is 1. The van der Waals surface area contributed by atoms with Gasteiger partial charge in [0, 0.05) is 16.7 Å². The first-order valence-corrected chi connectivity index (χ1v) is 8.53. The fourth-order valence-corrected chi connectivity index (χ4v) is 5.11. The molecule has 1 unspecified atom stereocenters. The molecule has 1 aliphatic carbocycles. The number of hydrogen-bond acceptors (Lipinski definition) is 4. The van der Waals surface area contributed by atoms with Crippen LogP contribution in [0.5, 0.6) is 0 Å². The van der Waals surface area contributed by atoms with Gasteiger partial charge in [0.05, 0.1) is 11.2 Å². The maximum atomic E-state index is 4.91.